The zero-order valence-corrected chi connectivity index (χ0v) is 12.3. The van der Waals surface area contributed by atoms with E-state index in [-0.39, 0.29) is 11.5 Å². The van der Waals surface area contributed by atoms with Gasteiger partial charge in [0.25, 0.3) is 5.91 Å². The zero-order chi connectivity index (χ0) is 16.5. The number of furan rings is 1. The normalized spacial score (nSPS) is 12.4. The van der Waals surface area contributed by atoms with Gasteiger partial charge < -0.3 is 14.3 Å². The fraction of sp³-hybridized carbons (Fsp3) is 0.0588. The van der Waals surface area contributed by atoms with Gasteiger partial charge in [0, 0.05) is 22.9 Å². The number of nitrogens with zero attached hydrogens (tertiary/aromatic N) is 3. The number of hydrogen-bond acceptors (Lipinski definition) is 6. The predicted molar refractivity (Wildman–Crippen MR) is 83.7 cm³/mol. The maximum absolute atomic E-state index is 12.2. The largest absolute Gasteiger partial charge is 0.472 e. The molecule has 4 rings (SSSR count). The molecule has 0 bridgehead atoms. The first-order chi connectivity index (χ1) is 11.7. The Bertz CT molecular complexity index is 993. The van der Waals surface area contributed by atoms with Crippen molar-refractivity contribution in [3.63, 3.8) is 0 Å². The van der Waals surface area contributed by atoms with Crippen LogP contribution in [0.25, 0.3) is 0 Å². The molecule has 1 aliphatic heterocycles. The summed E-state index contributed by atoms with van der Waals surface area (Å²) in [5.41, 5.74) is 4.43. The molecule has 0 saturated heterocycles. The third-order valence-corrected chi connectivity index (χ3v) is 3.68. The molecule has 1 N–H and O–H groups in total. The third kappa shape index (κ3) is 2.36. The van der Waals surface area contributed by atoms with Crippen molar-refractivity contribution in [2.75, 3.05) is 5.32 Å². The van der Waals surface area contributed by atoms with Crippen molar-refractivity contribution < 1.29 is 13.7 Å². The Morgan fingerprint density at radius 2 is 2.21 bits per heavy atom. The number of rotatable bonds is 3. The lowest BCUT2D eigenvalue weighted by Gasteiger charge is -2.07. The summed E-state index contributed by atoms with van der Waals surface area (Å²) in [5.74, 6) is -0.455. The number of nitriles is 1. The molecule has 7 nitrogen and oxygen atoms in total. The van der Waals surface area contributed by atoms with E-state index in [2.05, 4.69) is 15.5 Å². The molecule has 7 heteroatoms. The number of carbonyl (C=O) groups is 1. The quantitative estimate of drug-likeness (QED) is 0.799. The summed E-state index contributed by atoms with van der Waals surface area (Å²) in [5, 5.41) is 15.0. The van der Waals surface area contributed by atoms with Gasteiger partial charge in [0.15, 0.2) is 5.69 Å². The molecule has 0 fully saturated rings. The van der Waals surface area contributed by atoms with Gasteiger partial charge in [0.05, 0.1) is 24.8 Å². The van der Waals surface area contributed by atoms with Crippen LogP contribution in [0.5, 0.6) is 0 Å². The predicted octanol–water partition coefficient (Wildman–Crippen LogP) is 2.74. The molecule has 0 radical (unpaired) electrons. The van der Waals surface area contributed by atoms with E-state index in [0.717, 1.165) is 22.4 Å². The first kappa shape index (κ1) is 14.0. The number of nitrogens with one attached hydrogen (secondary N) is 1. The molecule has 116 valence electrons. The summed E-state index contributed by atoms with van der Waals surface area (Å²) < 4.78 is 9.82. The Hall–Kier alpha value is -3.66. The van der Waals surface area contributed by atoms with E-state index in [1.54, 1.807) is 24.7 Å². The Morgan fingerprint density at radius 3 is 2.96 bits per heavy atom. The van der Waals surface area contributed by atoms with E-state index in [1.807, 2.05) is 18.2 Å². The summed E-state index contributed by atoms with van der Waals surface area (Å²) in [4.78, 5) is 16.7. The Balaban J connectivity index is 1.60. The molecule has 0 spiro atoms. The maximum Gasteiger partial charge on any atom is 0.277 e. The van der Waals surface area contributed by atoms with E-state index in [1.165, 1.54) is 6.07 Å². The van der Waals surface area contributed by atoms with Crippen LogP contribution in [0.15, 0.2) is 56.8 Å². The first-order valence-corrected chi connectivity index (χ1v) is 7.13. The molecule has 1 aromatic carbocycles. The Labute approximate surface area is 136 Å². The van der Waals surface area contributed by atoms with Gasteiger partial charge >= 0.3 is 0 Å². The molecular weight excluding hydrogens is 308 g/mol. The standard InChI is InChI=1S/C17H10N4O3/c18-7-13-6-15(21-24-13)17(22)20-12-2-1-10-8-19-16(14(10)5-12)11-3-4-23-9-11/h1-6,9H,8H2,(H,20,22). The SMILES string of the molecule is N#Cc1cc(C(=O)Nc2ccc3c(c2)C(c2ccoc2)=NC3)no1. The second kappa shape index (κ2) is 5.52. The minimum Gasteiger partial charge on any atom is -0.472 e. The van der Waals surface area contributed by atoms with Crippen molar-refractivity contribution in [1.29, 1.82) is 5.26 Å². The summed E-state index contributed by atoms with van der Waals surface area (Å²) in [7, 11) is 0. The van der Waals surface area contributed by atoms with Crippen LogP contribution in [0.4, 0.5) is 5.69 Å². The van der Waals surface area contributed by atoms with Crippen molar-refractivity contribution >= 4 is 17.3 Å². The topological polar surface area (TPSA) is 104 Å². The summed E-state index contributed by atoms with van der Waals surface area (Å²) in [6, 6.07) is 10.5. The van der Waals surface area contributed by atoms with Gasteiger partial charge in [0.1, 0.15) is 6.07 Å². The molecule has 0 unspecified atom stereocenters. The number of fused-ring (bicyclic) bond motifs is 1. The smallest absolute Gasteiger partial charge is 0.277 e. The minimum absolute atomic E-state index is 0.0107. The molecule has 1 amide bonds. The molecular formula is C17H10N4O3. The zero-order valence-electron chi connectivity index (χ0n) is 12.3. The van der Waals surface area contributed by atoms with Gasteiger partial charge in [-0.3, -0.25) is 9.79 Å². The van der Waals surface area contributed by atoms with E-state index in [4.69, 9.17) is 14.2 Å². The lowest BCUT2D eigenvalue weighted by Crippen LogP contribution is -2.13. The van der Waals surface area contributed by atoms with Crippen molar-refractivity contribution in [1.82, 2.24) is 5.16 Å². The average molecular weight is 318 g/mol. The van der Waals surface area contributed by atoms with Crippen LogP contribution in [-0.2, 0) is 6.54 Å². The van der Waals surface area contributed by atoms with Gasteiger partial charge in [-0.05, 0) is 23.8 Å². The van der Waals surface area contributed by atoms with Crippen molar-refractivity contribution in [3.05, 3.63) is 71.0 Å². The highest BCUT2D eigenvalue weighted by Crippen LogP contribution is 2.26. The second-order valence-corrected chi connectivity index (χ2v) is 5.19. The molecule has 0 aliphatic carbocycles. The number of benzene rings is 1. The van der Waals surface area contributed by atoms with Crippen LogP contribution in [0.1, 0.15) is 32.9 Å². The molecule has 0 atom stereocenters. The van der Waals surface area contributed by atoms with Crippen LogP contribution in [0.3, 0.4) is 0 Å². The van der Waals surface area contributed by atoms with Crippen LogP contribution in [0, 0.1) is 11.3 Å². The third-order valence-electron chi connectivity index (χ3n) is 3.68. The average Bonchev–Trinajstić information content (AvgIpc) is 3.33. The lowest BCUT2D eigenvalue weighted by molar-refractivity contribution is 0.101. The van der Waals surface area contributed by atoms with E-state index < -0.39 is 5.91 Å². The van der Waals surface area contributed by atoms with Crippen LogP contribution >= 0.6 is 0 Å². The van der Waals surface area contributed by atoms with Gasteiger partial charge in [-0.15, -0.1) is 0 Å². The van der Waals surface area contributed by atoms with Crippen molar-refractivity contribution in [2.45, 2.75) is 6.54 Å². The molecule has 2 aromatic heterocycles. The van der Waals surface area contributed by atoms with Crippen LogP contribution in [-0.4, -0.2) is 16.8 Å². The monoisotopic (exact) mass is 318 g/mol. The number of amides is 1. The number of anilines is 1. The summed E-state index contributed by atoms with van der Waals surface area (Å²) >= 11 is 0. The van der Waals surface area contributed by atoms with Crippen LogP contribution < -0.4 is 5.32 Å². The van der Waals surface area contributed by atoms with Crippen LogP contribution in [0.2, 0.25) is 0 Å². The lowest BCUT2D eigenvalue weighted by atomic mass is 10.0. The van der Waals surface area contributed by atoms with Gasteiger partial charge in [0.2, 0.25) is 5.76 Å². The maximum atomic E-state index is 12.2. The summed E-state index contributed by atoms with van der Waals surface area (Å²) in [6.07, 6.45) is 3.23. The number of carbonyl (C=O) groups excluding carboxylic acids is 1. The van der Waals surface area contributed by atoms with E-state index >= 15 is 0 Å². The molecule has 3 heterocycles. The highest BCUT2D eigenvalue weighted by Gasteiger charge is 2.20. The van der Waals surface area contributed by atoms with Gasteiger partial charge in [-0.2, -0.15) is 5.26 Å². The molecule has 24 heavy (non-hydrogen) atoms. The molecule has 1 aliphatic rings. The highest BCUT2D eigenvalue weighted by molar-refractivity contribution is 6.15. The van der Waals surface area contributed by atoms with Gasteiger partial charge in [-0.1, -0.05) is 11.2 Å². The Morgan fingerprint density at radius 1 is 1.29 bits per heavy atom. The van der Waals surface area contributed by atoms with Crippen molar-refractivity contribution in [2.24, 2.45) is 4.99 Å². The van der Waals surface area contributed by atoms with E-state index in [0.29, 0.717) is 12.2 Å². The van der Waals surface area contributed by atoms with Gasteiger partial charge in [-0.25, -0.2) is 0 Å². The van der Waals surface area contributed by atoms with E-state index in [9.17, 15) is 4.79 Å². The number of aliphatic imine (C=N–C) groups is 1. The molecule has 3 aromatic rings. The number of aromatic nitrogens is 1. The van der Waals surface area contributed by atoms with Crippen molar-refractivity contribution in [3.8, 4) is 6.07 Å². The molecule has 0 saturated carbocycles. The minimum atomic E-state index is -0.444. The summed E-state index contributed by atoms with van der Waals surface area (Å²) in [6.45, 7) is 0.596. The first-order valence-electron chi connectivity index (χ1n) is 7.13. The highest BCUT2D eigenvalue weighted by atomic mass is 16.5. The fourth-order valence-corrected chi connectivity index (χ4v) is 2.54. The second-order valence-electron chi connectivity index (χ2n) is 5.19. The fourth-order valence-electron chi connectivity index (χ4n) is 2.54. The Kier molecular flexibility index (Phi) is 3.21. The number of hydrogen-bond donors (Lipinski definition) is 1.